The third-order valence-electron chi connectivity index (χ3n) is 3.82. The van der Waals surface area contributed by atoms with E-state index >= 15 is 0 Å². The largest absolute Gasteiger partial charge is 0.481 e. The van der Waals surface area contributed by atoms with Gasteiger partial charge in [0.05, 0.1) is 6.42 Å². The fraction of sp³-hybridized carbons (Fsp3) is 0.211. The van der Waals surface area contributed by atoms with Crippen molar-refractivity contribution < 1.29 is 19.5 Å². The van der Waals surface area contributed by atoms with Crippen LogP contribution in [0.4, 0.5) is 10.5 Å². The number of aliphatic carboxylic acids is 1. The molecule has 2 rings (SSSR count). The lowest BCUT2D eigenvalue weighted by Crippen LogP contribution is -2.38. The highest BCUT2D eigenvalue weighted by Crippen LogP contribution is 2.07. The molecule has 0 spiro atoms. The van der Waals surface area contributed by atoms with Crippen molar-refractivity contribution in [3.8, 4) is 0 Å². The SMILES string of the molecule is [N-]=[N+]=NC[C@H](CC(=O)O)NC(=O)c1ccc(CNC(=O)Nc2ccccc2)cc1. The lowest BCUT2D eigenvalue weighted by molar-refractivity contribution is -0.137. The molecule has 0 bridgehead atoms. The Morgan fingerprint density at radius 2 is 1.76 bits per heavy atom. The second-order valence-corrected chi connectivity index (χ2v) is 6.05. The number of hydrogen-bond acceptors (Lipinski definition) is 4. The van der Waals surface area contributed by atoms with Crippen LogP contribution in [-0.2, 0) is 11.3 Å². The summed E-state index contributed by atoms with van der Waals surface area (Å²) in [4.78, 5) is 37.6. The van der Waals surface area contributed by atoms with E-state index in [0.717, 1.165) is 5.56 Å². The Labute approximate surface area is 166 Å². The maximum atomic E-state index is 12.3. The molecule has 3 amide bonds. The molecule has 2 aromatic carbocycles. The first kappa shape index (κ1) is 21.3. The molecule has 0 fully saturated rings. The number of carboxylic acid groups (broad SMARTS) is 1. The Bertz CT molecular complexity index is 891. The summed E-state index contributed by atoms with van der Waals surface area (Å²) in [5, 5.41) is 20.1. The maximum absolute atomic E-state index is 12.3. The Balaban J connectivity index is 1.87. The molecular formula is C19H20N6O4. The number of nitrogens with one attached hydrogen (secondary N) is 3. The fourth-order valence-electron chi connectivity index (χ4n) is 2.43. The smallest absolute Gasteiger partial charge is 0.319 e. The van der Waals surface area contributed by atoms with Crippen molar-refractivity contribution in [2.45, 2.75) is 19.0 Å². The van der Waals surface area contributed by atoms with Crippen molar-refractivity contribution in [1.82, 2.24) is 10.6 Å². The summed E-state index contributed by atoms with van der Waals surface area (Å²) < 4.78 is 0. The third-order valence-corrected chi connectivity index (χ3v) is 3.82. The molecule has 0 saturated carbocycles. The fourth-order valence-corrected chi connectivity index (χ4v) is 2.43. The maximum Gasteiger partial charge on any atom is 0.319 e. The second-order valence-electron chi connectivity index (χ2n) is 6.05. The van der Waals surface area contributed by atoms with Crippen molar-refractivity contribution in [1.29, 1.82) is 0 Å². The van der Waals surface area contributed by atoms with E-state index in [1.54, 1.807) is 36.4 Å². The zero-order chi connectivity index (χ0) is 21.1. The minimum absolute atomic E-state index is 0.160. The summed E-state index contributed by atoms with van der Waals surface area (Å²) in [5.41, 5.74) is 10.1. The van der Waals surface area contributed by atoms with Gasteiger partial charge in [-0.05, 0) is 35.4 Å². The van der Waals surface area contributed by atoms with Gasteiger partial charge in [-0.15, -0.1) is 0 Å². The molecule has 0 aliphatic heterocycles. The Hall–Kier alpha value is -4.04. The van der Waals surface area contributed by atoms with Crippen LogP contribution < -0.4 is 16.0 Å². The zero-order valence-corrected chi connectivity index (χ0v) is 15.4. The van der Waals surface area contributed by atoms with Gasteiger partial charge in [0.2, 0.25) is 0 Å². The number of hydrogen-bond donors (Lipinski definition) is 4. The van der Waals surface area contributed by atoms with E-state index in [1.807, 2.05) is 18.2 Å². The van der Waals surface area contributed by atoms with Crippen LogP contribution in [0.25, 0.3) is 10.4 Å². The molecule has 0 heterocycles. The molecule has 0 aliphatic carbocycles. The molecule has 2 aromatic rings. The Morgan fingerprint density at radius 1 is 1.07 bits per heavy atom. The van der Waals surface area contributed by atoms with Gasteiger partial charge < -0.3 is 21.1 Å². The van der Waals surface area contributed by atoms with E-state index in [0.29, 0.717) is 11.3 Å². The van der Waals surface area contributed by atoms with Gasteiger partial charge in [0.15, 0.2) is 0 Å². The van der Waals surface area contributed by atoms with Crippen molar-refractivity contribution in [2.24, 2.45) is 5.11 Å². The number of urea groups is 1. The topological polar surface area (TPSA) is 156 Å². The molecule has 0 aromatic heterocycles. The number of carbonyl (C=O) groups excluding carboxylic acids is 2. The predicted molar refractivity (Wildman–Crippen MR) is 106 cm³/mol. The highest BCUT2D eigenvalue weighted by atomic mass is 16.4. The number of anilines is 1. The number of carboxylic acids is 1. The first-order valence-corrected chi connectivity index (χ1v) is 8.70. The molecule has 1 atom stereocenters. The molecule has 29 heavy (non-hydrogen) atoms. The van der Waals surface area contributed by atoms with Crippen LogP contribution >= 0.6 is 0 Å². The molecule has 0 radical (unpaired) electrons. The number of rotatable bonds is 9. The molecule has 4 N–H and O–H groups in total. The summed E-state index contributed by atoms with van der Waals surface area (Å²) >= 11 is 0. The minimum atomic E-state index is -1.11. The van der Waals surface area contributed by atoms with Gasteiger partial charge in [0, 0.05) is 35.3 Å². The van der Waals surface area contributed by atoms with Gasteiger partial charge in [-0.25, -0.2) is 4.79 Å². The summed E-state index contributed by atoms with van der Waals surface area (Å²) in [6, 6.07) is 14.3. The van der Waals surface area contributed by atoms with E-state index in [4.69, 9.17) is 10.6 Å². The van der Waals surface area contributed by atoms with E-state index in [1.165, 1.54) is 0 Å². The number of benzene rings is 2. The molecule has 0 saturated heterocycles. The van der Waals surface area contributed by atoms with Crippen LogP contribution in [-0.4, -0.2) is 35.6 Å². The first-order chi connectivity index (χ1) is 14.0. The molecule has 150 valence electrons. The highest BCUT2D eigenvalue weighted by molar-refractivity contribution is 5.94. The Kier molecular flexibility index (Phi) is 8.03. The van der Waals surface area contributed by atoms with Crippen LogP contribution in [0.3, 0.4) is 0 Å². The van der Waals surface area contributed by atoms with E-state index in [-0.39, 0.29) is 25.5 Å². The van der Waals surface area contributed by atoms with Crippen LogP contribution in [0.1, 0.15) is 22.3 Å². The highest BCUT2D eigenvalue weighted by Gasteiger charge is 2.16. The summed E-state index contributed by atoms with van der Waals surface area (Å²) in [5.74, 6) is -1.59. The first-order valence-electron chi connectivity index (χ1n) is 8.70. The van der Waals surface area contributed by atoms with E-state index in [2.05, 4.69) is 26.0 Å². The van der Waals surface area contributed by atoms with Crippen LogP contribution in [0, 0.1) is 0 Å². The normalized spacial score (nSPS) is 10.9. The molecular weight excluding hydrogens is 376 g/mol. The zero-order valence-electron chi connectivity index (χ0n) is 15.4. The summed E-state index contributed by atoms with van der Waals surface area (Å²) in [7, 11) is 0. The van der Waals surface area contributed by atoms with Gasteiger partial charge in [-0.3, -0.25) is 9.59 Å². The van der Waals surface area contributed by atoms with Gasteiger partial charge >= 0.3 is 12.0 Å². The van der Waals surface area contributed by atoms with Crippen LogP contribution in [0.2, 0.25) is 0 Å². The van der Waals surface area contributed by atoms with Crippen molar-refractivity contribution in [2.75, 3.05) is 11.9 Å². The van der Waals surface area contributed by atoms with Gasteiger partial charge in [-0.1, -0.05) is 35.4 Å². The van der Waals surface area contributed by atoms with E-state index < -0.39 is 17.9 Å². The lowest BCUT2D eigenvalue weighted by atomic mass is 10.1. The van der Waals surface area contributed by atoms with Gasteiger partial charge in [0.25, 0.3) is 5.91 Å². The number of carbonyl (C=O) groups is 3. The van der Waals surface area contributed by atoms with Crippen molar-refractivity contribution in [3.63, 3.8) is 0 Å². The molecule has 0 unspecified atom stereocenters. The standard InChI is InChI=1S/C19H20N6O4/c20-25-22-12-16(10-17(26)27)23-18(28)14-8-6-13(7-9-14)11-21-19(29)24-15-4-2-1-3-5-15/h1-9,16H,10-12H2,(H,23,28)(H,26,27)(H2,21,24,29)/t16-/m0/s1. The number of amides is 3. The quantitative estimate of drug-likeness (QED) is 0.292. The predicted octanol–water partition coefficient (Wildman–Crippen LogP) is 2.89. The van der Waals surface area contributed by atoms with Crippen molar-refractivity contribution in [3.05, 3.63) is 76.2 Å². The average Bonchev–Trinajstić information content (AvgIpc) is 2.71. The van der Waals surface area contributed by atoms with Gasteiger partial charge in [0.1, 0.15) is 0 Å². The molecule has 0 aliphatic rings. The van der Waals surface area contributed by atoms with Crippen molar-refractivity contribution >= 4 is 23.6 Å². The molecule has 10 nitrogen and oxygen atoms in total. The van der Waals surface area contributed by atoms with Gasteiger partial charge in [-0.2, -0.15) is 0 Å². The second kappa shape index (κ2) is 11.0. The monoisotopic (exact) mass is 396 g/mol. The number of nitrogens with zero attached hydrogens (tertiary/aromatic N) is 3. The summed E-state index contributed by atoms with van der Waals surface area (Å²) in [6.45, 7) is 0.103. The van der Waals surface area contributed by atoms with Crippen LogP contribution in [0.15, 0.2) is 59.7 Å². The third kappa shape index (κ3) is 7.61. The van der Waals surface area contributed by atoms with E-state index in [9.17, 15) is 14.4 Å². The lowest BCUT2D eigenvalue weighted by Gasteiger charge is -2.14. The number of azide groups is 1. The summed E-state index contributed by atoms with van der Waals surface area (Å²) in [6.07, 6.45) is -0.358. The average molecular weight is 396 g/mol. The van der Waals surface area contributed by atoms with Crippen LogP contribution in [0.5, 0.6) is 0 Å². The number of para-hydroxylation sites is 1. The Morgan fingerprint density at radius 3 is 2.38 bits per heavy atom. The minimum Gasteiger partial charge on any atom is -0.481 e. The molecule has 10 heteroatoms.